The van der Waals surface area contributed by atoms with Crippen LogP contribution in [0.3, 0.4) is 0 Å². The minimum absolute atomic E-state index is 0.0116. The van der Waals surface area contributed by atoms with E-state index in [0.717, 1.165) is 18.2 Å². The minimum Gasteiger partial charge on any atom is -0.508 e. The van der Waals surface area contributed by atoms with Crippen LogP contribution in [0.4, 0.5) is 14.5 Å². The number of nitrogens with one attached hydrogen (secondary N) is 1. The van der Waals surface area contributed by atoms with Crippen molar-refractivity contribution in [2.45, 2.75) is 6.92 Å². The average molecular weight is 263 g/mol. The predicted molar refractivity (Wildman–Crippen MR) is 67.2 cm³/mol. The van der Waals surface area contributed by atoms with E-state index in [0.29, 0.717) is 11.3 Å². The van der Waals surface area contributed by atoms with Gasteiger partial charge in [-0.2, -0.15) is 0 Å². The highest BCUT2D eigenvalue weighted by Gasteiger charge is 2.14. The molecular weight excluding hydrogens is 252 g/mol. The number of rotatable bonds is 2. The number of carbonyl (C=O) groups excluding carboxylic acids is 1. The van der Waals surface area contributed by atoms with Gasteiger partial charge < -0.3 is 10.4 Å². The van der Waals surface area contributed by atoms with Gasteiger partial charge in [-0.25, -0.2) is 8.78 Å². The summed E-state index contributed by atoms with van der Waals surface area (Å²) in [5.41, 5.74) is 0.407. The van der Waals surface area contributed by atoms with E-state index >= 15 is 0 Å². The van der Waals surface area contributed by atoms with E-state index in [-0.39, 0.29) is 11.3 Å². The molecule has 2 aromatic carbocycles. The number of halogens is 2. The molecular formula is C14H11F2NO2. The standard InChI is InChI=1S/C14H11F2NO2/c1-8-12(3-2-4-13(8)18)17-14(19)10-7-9(15)5-6-11(10)16/h2-7,18H,1H3,(H,17,19). The Morgan fingerprint density at radius 3 is 2.68 bits per heavy atom. The Morgan fingerprint density at radius 1 is 1.21 bits per heavy atom. The van der Waals surface area contributed by atoms with Crippen LogP contribution in [0.2, 0.25) is 0 Å². The summed E-state index contributed by atoms with van der Waals surface area (Å²) >= 11 is 0. The molecule has 3 nitrogen and oxygen atoms in total. The number of hydrogen-bond acceptors (Lipinski definition) is 2. The van der Waals surface area contributed by atoms with E-state index in [1.54, 1.807) is 19.1 Å². The highest BCUT2D eigenvalue weighted by molar-refractivity contribution is 6.05. The van der Waals surface area contributed by atoms with Gasteiger partial charge in [0.05, 0.1) is 5.56 Å². The Hall–Kier alpha value is -2.43. The molecule has 0 bridgehead atoms. The van der Waals surface area contributed by atoms with Gasteiger partial charge in [-0.05, 0) is 37.3 Å². The lowest BCUT2D eigenvalue weighted by molar-refractivity contribution is 0.102. The highest BCUT2D eigenvalue weighted by Crippen LogP contribution is 2.24. The summed E-state index contributed by atoms with van der Waals surface area (Å²) in [6, 6.07) is 7.21. The molecule has 0 fully saturated rings. The van der Waals surface area contributed by atoms with Crippen molar-refractivity contribution in [3.8, 4) is 5.75 Å². The maximum absolute atomic E-state index is 13.4. The first-order valence-electron chi connectivity index (χ1n) is 5.54. The number of anilines is 1. The lowest BCUT2D eigenvalue weighted by atomic mass is 10.1. The summed E-state index contributed by atoms with van der Waals surface area (Å²) in [7, 11) is 0. The van der Waals surface area contributed by atoms with Crippen LogP contribution in [0.15, 0.2) is 36.4 Å². The Balaban J connectivity index is 2.31. The maximum atomic E-state index is 13.4. The second kappa shape index (κ2) is 5.06. The zero-order valence-electron chi connectivity index (χ0n) is 10.1. The third-order valence-electron chi connectivity index (χ3n) is 2.73. The third-order valence-corrected chi connectivity index (χ3v) is 2.73. The van der Waals surface area contributed by atoms with Crippen LogP contribution in [0.1, 0.15) is 15.9 Å². The summed E-state index contributed by atoms with van der Waals surface area (Å²) in [6.07, 6.45) is 0. The van der Waals surface area contributed by atoms with Crippen molar-refractivity contribution in [2.24, 2.45) is 0 Å². The third kappa shape index (κ3) is 2.70. The number of aromatic hydroxyl groups is 1. The average Bonchev–Trinajstić information content (AvgIpc) is 2.38. The molecule has 0 spiro atoms. The van der Waals surface area contributed by atoms with E-state index in [2.05, 4.69) is 5.32 Å². The second-order valence-electron chi connectivity index (χ2n) is 4.03. The molecule has 5 heteroatoms. The Kier molecular flexibility index (Phi) is 3.46. The number of phenolic OH excluding ortho intramolecular Hbond substituents is 1. The zero-order valence-corrected chi connectivity index (χ0v) is 10.1. The monoisotopic (exact) mass is 263 g/mol. The molecule has 0 aliphatic carbocycles. The van der Waals surface area contributed by atoms with E-state index in [4.69, 9.17) is 0 Å². The second-order valence-corrected chi connectivity index (χ2v) is 4.03. The van der Waals surface area contributed by atoms with Crippen molar-refractivity contribution in [2.75, 3.05) is 5.32 Å². The van der Waals surface area contributed by atoms with E-state index in [9.17, 15) is 18.7 Å². The molecule has 2 rings (SSSR count). The molecule has 0 atom stereocenters. The number of phenols is 1. The topological polar surface area (TPSA) is 49.3 Å². The lowest BCUT2D eigenvalue weighted by Crippen LogP contribution is -2.14. The molecule has 0 aromatic heterocycles. The first kappa shape index (κ1) is 13.0. The quantitative estimate of drug-likeness (QED) is 0.873. The number of hydrogen-bond donors (Lipinski definition) is 2. The molecule has 0 saturated carbocycles. The van der Waals surface area contributed by atoms with Crippen LogP contribution in [0.25, 0.3) is 0 Å². The molecule has 1 amide bonds. The largest absolute Gasteiger partial charge is 0.508 e. The van der Waals surface area contributed by atoms with Crippen molar-refractivity contribution in [1.29, 1.82) is 0 Å². The van der Waals surface area contributed by atoms with Crippen LogP contribution in [-0.2, 0) is 0 Å². The molecule has 2 aromatic rings. The molecule has 2 N–H and O–H groups in total. The zero-order chi connectivity index (χ0) is 14.0. The predicted octanol–water partition coefficient (Wildman–Crippen LogP) is 3.23. The van der Waals surface area contributed by atoms with Gasteiger partial charge in [0.2, 0.25) is 0 Å². The van der Waals surface area contributed by atoms with Gasteiger partial charge in [0.1, 0.15) is 17.4 Å². The van der Waals surface area contributed by atoms with Crippen LogP contribution >= 0.6 is 0 Å². The first-order valence-corrected chi connectivity index (χ1v) is 5.54. The fourth-order valence-corrected chi connectivity index (χ4v) is 1.62. The van der Waals surface area contributed by atoms with Gasteiger partial charge in [0.25, 0.3) is 5.91 Å². The fraction of sp³-hybridized carbons (Fsp3) is 0.0714. The number of benzene rings is 2. The highest BCUT2D eigenvalue weighted by atomic mass is 19.1. The molecule has 0 unspecified atom stereocenters. The maximum Gasteiger partial charge on any atom is 0.258 e. The molecule has 0 radical (unpaired) electrons. The lowest BCUT2D eigenvalue weighted by Gasteiger charge is -2.10. The van der Waals surface area contributed by atoms with Crippen molar-refractivity contribution in [1.82, 2.24) is 0 Å². The summed E-state index contributed by atoms with van der Waals surface area (Å²) in [5, 5.41) is 11.9. The Morgan fingerprint density at radius 2 is 1.95 bits per heavy atom. The number of carbonyl (C=O) groups is 1. The molecule has 0 aliphatic heterocycles. The van der Waals surface area contributed by atoms with Crippen molar-refractivity contribution < 1.29 is 18.7 Å². The molecule has 98 valence electrons. The fourth-order valence-electron chi connectivity index (χ4n) is 1.62. The van der Waals surface area contributed by atoms with Crippen molar-refractivity contribution in [3.63, 3.8) is 0 Å². The molecule has 19 heavy (non-hydrogen) atoms. The van der Waals surface area contributed by atoms with Gasteiger partial charge in [0.15, 0.2) is 0 Å². The Labute approximate surface area is 108 Å². The smallest absolute Gasteiger partial charge is 0.258 e. The summed E-state index contributed by atoms with van der Waals surface area (Å²) in [4.78, 5) is 11.9. The SMILES string of the molecule is Cc1c(O)cccc1NC(=O)c1cc(F)ccc1F. The summed E-state index contributed by atoms with van der Waals surface area (Å²) in [5.74, 6) is -2.26. The van der Waals surface area contributed by atoms with Crippen LogP contribution in [-0.4, -0.2) is 11.0 Å². The van der Waals surface area contributed by atoms with Crippen molar-refractivity contribution in [3.05, 3.63) is 59.2 Å². The molecule has 0 heterocycles. The van der Waals surface area contributed by atoms with E-state index < -0.39 is 17.5 Å². The van der Waals surface area contributed by atoms with Gasteiger partial charge in [-0.15, -0.1) is 0 Å². The molecule has 0 saturated heterocycles. The molecule has 0 aliphatic rings. The minimum atomic E-state index is -0.809. The Bertz CT molecular complexity index is 641. The summed E-state index contributed by atoms with van der Waals surface area (Å²) in [6.45, 7) is 1.60. The van der Waals surface area contributed by atoms with E-state index in [1.807, 2.05) is 0 Å². The van der Waals surface area contributed by atoms with E-state index in [1.165, 1.54) is 6.07 Å². The van der Waals surface area contributed by atoms with Gasteiger partial charge in [0, 0.05) is 11.3 Å². The van der Waals surface area contributed by atoms with Gasteiger partial charge in [-0.3, -0.25) is 4.79 Å². The summed E-state index contributed by atoms with van der Waals surface area (Å²) < 4.78 is 26.4. The van der Waals surface area contributed by atoms with Crippen LogP contribution in [0.5, 0.6) is 5.75 Å². The van der Waals surface area contributed by atoms with Crippen LogP contribution < -0.4 is 5.32 Å². The number of amides is 1. The normalized spacial score (nSPS) is 10.3. The van der Waals surface area contributed by atoms with Gasteiger partial charge in [-0.1, -0.05) is 6.07 Å². The van der Waals surface area contributed by atoms with Crippen molar-refractivity contribution >= 4 is 11.6 Å². The van der Waals surface area contributed by atoms with Crippen LogP contribution in [0, 0.1) is 18.6 Å². The first-order chi connectivity index (χ1) is 8.99. The van der Waals surface area contributed by atoms with Gasteiger partial charge >= 0.3 is 0 Å².